The van der Waals surface area contributed by atoms with E-state index in [4.69, 9.17) is 11.6 Å². The first-order valence-electron chi connectivity index (χ1n) is 10.8. The van der Waals surface area contributed by atoms with Gasteiger partial charge in [-0.2, -0.15) is 5.10 Å². The molecule has 3 heterocycles. The number of carbonyl (C=O) groups excluding carboxylic acids is 2. The van der Waals surface area contributed by atoms with Crippen molar-refractivity contribution in [2.24, 2.45) is 5.92 Å². The Morgan fingerprint density at radius 1 is 1.09 bits per heavy atom. The summed E-state index contributed by atoms with van der Waals surface area (Å²) >= 11 is 5.91. The van der Waals surface area contributed by atoms with E-state index < -0.39 is 0 Å². The van der Waals surface area contributed by atoms with Crippen LogP contribution in [0.5, 0.6) is 0 Å². The summed E-state index contributed by atoms with van der Waals surface area (Å²) in [7, 11) is 0. The maximum Gasteiger partial charge on any atom is 0.227 e. The van der Waals surface area contributed by atoms with E-state index in [9.17, 15) is 9.59 Å². The Kier molecular flexibility index (Phi) is 6.60. The van der Waals surface area contributed by atoms with Crippen molar-refractivity contribution in [2.75, 3.05) is 29.9 Å². The Bertz CT molecular complexity index is 1160. The van der Waals surface area contributed by atoms with E-state index in [1.54, 1.807) is 33.8 Å². The molecule has 2 aromatic heterocycles. The molecule has 2 N–H and O–H groups in total. The van der Waals surface area contributed by atoms with Crippen LogP contribution >= 0.6 is 11.6 Å². The van der Waals surface area contributed by atoms with E-state index in [1.165, 1.54) is 0 Å². The molecule has 1 unspecified atom stereocenters. The van der Waals surface area contributed by atoms with Crippen LogP contribution in [-0.4, -0.2) is 51.4 Å². The second-order valence-electron chi connectivity index (χ2n) is 8.08. The molecule has 0 saturated carbocycles. The van der Waals surface area contributed by atoms with Crippen LogP contribution < -0.4 is 15.5 Å². The fourth-order valence-electron chi connectivity index (χ4n) is 3.75. The van der Waals surface area contributed by atoms with Crippen molar-refractivity contribution in [1.29, 1.82) is 0 Å². The maximum atomic E-state index is 12.5. The lowest BCUT2D eigenvalue weighted by molar-refractivity contribution is -0.126. The van der Waals surface area contributed by atoms with E-state index >= 15 is 0 Å². The fourth-order valence-corrected chi connectivity index (χ4v) is 3.88. The lowest BCUT2D eigenvalue weighted by Gasteiger charge is -2.16. The van der Waals surface area contributed by atoms with Crippen LogP contribution in [0, 0.1) is 26.7 Å². The van der Waals surface area contributed by atoms with Gasteiger partial charge in [-0.15, -0.1) is 10.2 Å². The highest BCUT2D eigenvalue weighted by atomic mass is 35.5. The van der Waals surface area contributed by atoms with Gasteiger partial charge in [0.2, 0.25) is 11.8 Å². The molecule has 2 amide bonds. The van der Waals surface area contributed by atoms with Crippen LogP contribution in [-0.2, 0) is 9.59 Å². The van der Waals surface area contributed by atoms with E-state index in [0.29, 0.717) is 36.3 Å². The summed E-state index contributed by atoms with van der Waals surface area (Å²) in [6.45, 7) is 7.25. The number of amides is 2. The largest absolute Gasteiger partial charge is 0.367 e. The van der Waals surface area contributed by atoms with Gasteiger partial charge in [0.15, 0.2) is 5.82 Å². The summed E-state index contributed by atoms with van der Waals surface area (Å²) in [6, 6.07) is 10.7. The number of anilines is 2. The van der Waals surface area contributed by atoms with Gasteiger partial charge in [-0.05, 0) is 62.7 Å². The third-order valence-corrected chi connectivity index (χ3v) is 6.14. The standard InChI is InChI=1S/C23H26ClN7O2/c1-14-15(2)29-31(16(14)3)21-9-8-20(27-28-21)25-10-11-26-23(33)17-12-22(32)30(13-17)19-6-4-18(24)5-7-19/h4-9,17H,10-13H2,1-3H3,(H,25,27)(H,26,33). The predicted octanol–water partition coefficient (Wildman–Crippen LogP) is 2.82. The smallest absolute Gasteiger partial charge is 0.227 e. The van der Waals surface area contributed by atoms with Gasteiger partial charge >= 0.3 is 0 Å². The number of benzene rings is 1. The Labute approximate surface area is 197 Å². The predicted molar refractivity (Wildman–Crippen MR) is 127 cm³/mol. The third-order valence-electron chi connectivity index (χ3n) is 5.89. The maximum absolute atomic E-state index is 12.5. The van der Waals surface area contributed by atoms with Crippen LogP contribution in [0.3, 0.4) is 0 Å². The van der Waals surface area contributed by atoms with Crippen LogP contribution in [0.1, 0.15) is 23.4 Å². The monoisotopic (exact) mass is 467 g/mol. The lowest BCUT2D eigenvalue weighted by atomic mass is 10.1. The first-order valence-corrected chi connectivity index (χ1v) is 11.2. The average molecular weight is 468 g/mol. The van der Waals surface area contributed by atoms with Crippen molar-refractivity contribution in [2.45, 2.75) is 27.2 Å². The molecule has 1 aliphatic rings. The SMILES string of the molecule is Cc1nn(-c2ccc(NCCNC(=O)C3CC(=O)N(c4ccc(Cl)cc4)C3)nn2)c(C)c1C. The van der Waals surface area contributed by atoms with Crippen molar-refractivity contribution < 1.29 is 9.59 Å². The number of hydrogen-bond donors (Lipinski definition) is 2. The van der Waals surface area contributed by atoms with Crippen molar-refractivity contribution >= 4 is 34.9 Å². The quantitative estimate of drug-likeness (QED) is 0.518. The average Bonchev–Trinajstić information content (AvgIpc) is 3.32. The summed E-state index contributed by atoms with van der Waals surface area (Å²) in [4.78, 5) is 26.5. The van der Waals surface area contributed by atoms with E-state index in [0.717, 1.165) is 22.6 Å². The van der Waals surface area contributed by atoms with Gasteiger partial charge in [0.25, 0.3) is 0 Å². The zero-order valence-electron chi connectivity index (χ0n) is 18.8. The highest BCUT2D eigenvalue weighted by molar-refractivity contribution is 6.30. The van der Waals surface area contributed by atoms with Crippen molar-refractivity contribution in [3.05, 3.63) is 58.4 Å². The molecular formula is C23H26ClN7O2. The molecule has 4 rings (SSSR count). The Morgan fingerprint density at radius 2 is 1.85 bits per heavy atom. The minimum atomic E-state index is -0.378. The molecule has 1 fully saturated rings. The molecule has 0 radical (unpaired) electrons. The Hall–Kier alpha value is -3.46. The summed E-state index contributed by atoms with van der Waals surface area (Å²) in [5.74, 6) is 0.679. The number of halogens is 1. The first-order chi connectivity index (χ1) is 15.8. The van der Waals surface area contributed by atoms with Gasteiger partial charge in [-0.1, -0.05) is 11.6 Å². The van der Waals surface area contributed by atoms with E-state index in [2.05, 4.69) is 25.9 Å². The number of carbonyl (C=O) groups is 2. The number of rotatable bonds is 7. The molecule has 3 aromatic rings. The Balaban J connectivity index is 1.24. The van der Waals surface area contributed by atoms with Crippen LogP contribution in [0.2, 0.25) is 5.02 Å². The number of hydrogen-bond acceptors (Lipinski definition) is 6. The summed E-state index contributed by atoms with van der Waals surface area (Å²) in [6.07, 6.45) is 0.195. The van der Waals surface area contributed by atoms with E-state index in [1.807, 2.05) is 32.9 Å². The van der Waals surface area contributed by atoms with Gasteiger partial charge in [0.05, 0.1) is 11.6 Å². The highest BCUT2D eigenvalue weighted by Crippen LogP contribution is 2.26. The summed E-state index contributed by atoms with van der Waals surface area (Å²) in [5, 5.41) is 19.6. The third kappa shape index (κ3) is 4.98. The van der Waals surface area contributed by atoms with Gasteiger partial charge in [-0.3, -0.25) is 9.59 Å². The summed E-state index contributed by atoms with van der Waals surface area (Å²) in [5.41, 5.74) is 3.88. The molecular weight excluding hydrogens is 442 g/mol. The van der Waals surface area contributed by atoms with Crippen LogP contribution in [0.25, 0.3) is 5.82 Å². The molecule has 33 heavy (non-hydrogen) atoms. The minimum Gasteiger partial charge on any atom is -0.367 e. The number of nitrogens with zero attached hydrogens (tertiary/aromatic N) is 5. The molecule has 9 nitrogen and oxygen atoms in total. The number of nitrogens with one attached hydrogen (secondary N) is 2. The van der Waals surface area contributed by atoms with Crippen molar-refractivity contribution in [3.8, 4) is 5.82 Å². The van der Waals surface area contributed by atoms with Gasteiger partial charge < -0.3 is 15.5 Å². The van der Waals surface area contributed by atoms with Crippen molar-refractivity contribution in [1.82, 2.24) is 25.3 Å². The van der Waals surface area contributed by atoms with Crippen molar-refractivity contribution in [3.63, 3.8) is 0 Å². The van der Waals surface area contributed by atoms with E-state index in [-0.39, 0.29) is 24.2 Å². The Morgan fingerprint density at radius 3 is 2.48 bits per heavy atom. The normalized spacial score (nSPS) is 15.7. The van der Waals surface area contributed by atoms with Gasteiger partial charge in [0, 0.05) is 42.5 Å². The lowest BCUT2D eigenvalue weighted by Crippen LogP contribution is -2.35. The zero-order valence-corrected chi connectivity index (χ0v) is 19.6. The van der Waals surface area contributed by atoms with Crippen LogP contribution in [0.15, 0.2) is 36.4 Å². The summed E-state index contributed by atoms with van der Waals surface area (Å²) < 4.78 is 1.78. The zero-order chi connectivity index (χ0) is 23.5. The number of aryl methyl sites for hydroxylation is 1. The molecule has 1 aromatic carbocycles. The van der Waals surface area contributed by atoms with Gasteiger partial charge in [-0.25, -0.2) is 4.68 Å². The number of aromatic nitrogens is 4. The minimum absolute atomic E-state index is 0.0660. The fraction of sp³-hybridized carbons (Fsp3) is 0.348. The second kappa shape index (κ2) is 9.58. The topological polar surface area (TPSA) is 105 Å². The molecule has 0 aliphatic carbocycles. The molecule has 1 atom stereocenters. The molecule has 10 heteroatoms. The van der Waals surface area contributed by atoms with Crippen LogP contribution in [0.4, 0.5) is 11.5 Å². The first kappa shape index (κ1) is 22.7. The highest BCUT2D eigenvalue weighted by Gasteiger charge is 2.34. The van der Waals surface area contributed by atoms with Gasteiger partial charge in [0.1, 0.15) is 5.82 Å². The molecule has 1 saturated heterocycles. The second-order valence-corrected chi connectivity index (χ2v) is 8.52. The molecule has 172 valence electrons. The molecule has 0 bridgehead atoms. The molecule has 0 spiro atoms. The molecule has 1 aliphatic heterocycles.